The van der Waals surface area contributed by atoms with Crippen LogP contribution in [0, 0.1) is 0 Å². The Balaban J connectivity index is 1.34. The van der Waals surface area contributed by atoms with E-state index in [1.54, 1.807) is 36.4 Å². The standard InChI is InChI=1S/C22H20N4O3/c1-29-18-5-3-2-4-15(18)22(28)26-25-21(27)14-8-9-16-17(11-14)24-20-13-7-6-12(10-13)19(20)23-16/h2-5,8-9,11-13H,6-7,10H2,1H3,(H,25,27)(H,26,28). The van der Waals surface area contributed by atoms with Gasteiger partial charge in [-0.25, -0.2) is 9.97 Å². The van der Waals surface area contributed by atoms with Crippen LogP contribution in [0.5, 0.6) is 5.75 Å². The highest BCUT2D eigenvalue weighted by Crippen LogP contribution is 2.51. The first-order valence-corrected chi connectivity index (χ1v) is 9.69. The molecule has 1 saturated carbocycles. The average Bonchev–Trinajstić information content (AvgIpc) is 3.37. The second-order valence-electron chi connectivity index (χ2n) is 7.51. The molecule has 2 bridgehead atoms. The minimum Gasteiger partial charge on any atom is -0.496 e. The van der Waals surface area contributed by atoms with Crippen LogP contribution < -0.4 is 15.6 Å². The van der Waals surface area contributed by atoms with Gasteiger partial charge in [0.1, 0.15) is 5.75 Å². The molecule has 1 fully saturated rings. The van der Waals surface area contributed by atoms with Gasteiger partial charge in [-0.3, -0.25) is 20.4 Å². The van der Waals surface area contributed by atoms with Crippen LogP contribution >= 0.6 is 0 Å². The van der Waals surface area contributed by atoms with Crippen molar-refractivity contribution in [1.29, 1.82) is 0 Å². The summed E-state index contributed by atoms with van der Waals surface area (Å²) < 4.78 is 5.17. The molecule has 7 nitrogen and oxygen atoms in total. The van der Waals surface area contributed by atoms with Crippen molar-refractivity contribution >= 4 is 22.8 Å². The molecule has 5 rings (SSSR count). The molecule has 1 aromatic heterocycles. The fourth-order valence-corrected chi connectivity index (χ4v) is 4.39. The van der Waals surface area contributed by atoms with Crippen LogP contribution in [0.3, 0.4) is 0 Å². The van der Waals surface area contributed by atoms with E-state index in [9.17, 15) is 9.59 Å². The normalized spacial score (nSPS) is 19.1. The third-order valence-electron chi connectivity index (χ3n) is 5.83. The molecule has 1 heterocycles. The van der Waals surface area contributed by atoms with Crippen LogP contribution in [0.25, 0.3) is 11.0 Å². The summed E-state index contributed by atoms with van der Waals surface area (Å²) in [5.74, 6) is 0.608. The zero-order valence-electron chi connectivity index (χ0n) is 15.9. The third kappa shape index (κ3) is 2.99. The molecule has 2 atom stereocenters. The first kappa shape index (κ1) is 17.6. The molecule has 2 amide bonds. The van der Waals surface area contributed by atoms with Crippen LogP contribution in [-0.2, 0) is 0 Å². The first-order chi connectivity index (χ1) is 14.1. The SMILES string of the molecule is COc1ccccc1C(=O)NNC(=O)c1ccc2nc3c(nc2c1)C1CCC3C1. The van der Waals surface area contributed by atoms with Crippen LogP contribution in [0.2, 0.25) is 0 Å². The number of hydrogen-bond acceptors (Lipinski definition) is 5. The molecule has 29 heavy (non-hydrogen) atoms. The third-order valence-corrected chi connectivity index (χ3v) is 5.83. The number of hydrogen-bond donors (Lipinski definition) is 2. The van der Waals surface area contributed by atoms with Crippen LogP contribution in [-0.4, -0.2) is 28.9 Å². The summed E-state index contributed by atoms with van der Waals surface area (Å²) in [4.78, 5) is 34.5. The van der Waals surface area contributed by atoms with E-state index >= 15 is 0 Å². The number of fused-ring (bicyclic) bond motifs is 6. The van der Waals surface area contributed by atoms with E-state index in [-0.39, 0.29) is 0 Å². The Morgan fingerprint density at radius 1 is 0.931 bits per heavy atom. The summed E-state index contributed by atoms with van der Waals surface area (Å²) >= 11 is 0. The summed E-state index contributed by atoms with van der Waals surface area (Å²) in [6.45, 7) is 0. The van der Waals surface area contributed by atoms with Gasteiger partial charge in [0.05, 0.1) is 35.1 Å². The van der Waals surface area contributed by atoms with Gasteiger partial charge in [0.15, 0.2) is 0 Å². The largest absolute Gasteiger partial charge is 0.496 e. The van der Waals surface area contributed by atoms with E-state index in [2.05, 4.69) is 10.9 Å². The molecular formula is C22H20N4O3. The van der Waals surface area contributed by atoms with E-state index in [1.807, 2.05) is 6.07 Å². The van der Waals surface area contributed by atoms with Crippen LogP contribution in [0.1, 0.15) is 63.2 Å². The van der Waals surface area contributed by atoms with E-state index in [4.69, 9.17) is 14.7 Å². The molecule has 7 heteroatoms. The number of aromatic nitrogens is 2. The van der Waals surface area contributed by atoms with Gasteiger partial charge in [0.2, 0.25) is 0 Å². The summed E-state index contributed by atoms with van der Waals surface area (Å²) in [5.41, 5.74) is 9.36. The Hall–Kier alpha value is -3.48. The highest BCUT2D eigenvalue weighted by atomic mass is 16.5. The fraction of sp³-hybridized carbons (Fsp3) is 0.273. The quantitative estimate of drug-likeness (QED) is 0.673. The zero-order chi connectivity index (χ0) is 20.0. The van der Waals surface area contributed by atoms with Crippen molar-refractivity contribution in [3.8, 4) is 5.75 Å². The van der Waals surface area contributed by atoms with E-state index in [0.29, 0.717) is 34.2 Å². The minimum atomic E-state index is -0.453. The smallest absolute Gasteiger partial charge is 0.273 e. The Bertz CT molecular complexity index is 1140. The molecule has 2 aromatic carbocycles. The van der Waals surface area contributed by atoms with Gasteiger partial charge in [0, 0.05) is 17.4 Å². The van der Waals surface area contributed by atoms with E-state index < -0.39 is 11.8 Å². The summed E-state index contributed by atoms with van der Waals surface area (Å²) in [7, 11) is 1.49. The number of benzene rings is 2. The molecule has 3 aromatic rings. The van der Waals surface area contributed by atoms with E-state index in [1.165, 1.54) is 20.0 Å². The lowest BCUT2D eigenvalue weighted by atomic mass is 10.00. The number of methoxy groups -OCH3 is 1. The molecule has 2 aliphatic rings. The Morgan fingerprint density at radius 3 is 2.38 bits per heavy atom. The van der Waals surface area contributed by atoms with Gasteiger partial charge in [-0.05, 0) is 49.6 Å². The van der Waals surface area contributed by atoms with Gasteiger partial charge in [0.25, 0.3) is 11.8 Å². The predicted molar refractivity (Wildman–Crippen MR) is 107 cm³/mol. The number of hydrazine groups is 1. The van der Waals surface area contributed by atoms with Crippen molar-refractivity contribution in [1.82, 2.24) is 20.8 Å². The van der Waals surface area contributed by atoms with Crippen molar-refractivity contribution in [2.75, 3.05) is 7.11 Å². The lowest BCUT2D eigenvalue weighted by Crippen LogP contribution is -2.41. The predicted octanol–water partition coefficient (Wildman–Crippen LogP) is 3.08. The van der Waals surface area contributed by atoms with Gasteiger partial charge in [-0.2, -0.15) is 0 Å². The minimum absolute atomic E-state index is 0.338. The molecule has 0 aliphatic heterocycles. The number of rotatable bonds is 3. The maximum atomic E-state index is 12.5. The Labute approximate surface area is 167 Å². The topological polar surface area (TPSA) is 93.2 Å². The molecule has 0 radical (unpaired) electrons. The molecule has 2 aliphatic carbocycles. The first-order valence-electron chi connectivity index (χ1n) is 9.69. The molecule has 146 valence electrons. The number of para-hydroxylation sites is 1. The van der Waals surface area contributed by atoms with Crippen LogP contribution in [0.15, 0.2) is 42.5 Å². The number of nitrogens with one attached hydrogen (secondary N) is 2. The second-order valence-corrected chi connectivity index (χ2v) is 7.51. The average molecular weight is 388 g/mol. The van der Waals surface area contributed by atoms with Gasteiger partial charge in [-0.15, -0.1) is 0 Å². The molecular weight excluding hydrogens is 368 g/mol. The number of nitrogens with zero attached hydrogens (tertiary/aromatic N) is 2. The van der Waals surface area contributed by atoms with Crippen molar-refractivity contribution < 1.29 is 14.3 Å². The van der Waals surface area contributed by atoms with Crippen molar-refractivity contribution in [3.63, 3.8) is 0 Å². The number of amides is 2. The summed E-state index contributed by atoms with van der Waals surface area (Å²) in [6, 6.07) is 12.0. The second kappa shape index (κ2) is 6.84. The maximum absolute atomic E-state index is 12.5. The van der Waals surface area contributed by atoms with Crippen LogP contribution in [0.4, 0.5) is 0 Å². The Morgan fingerprint density at radius 2 is 1.62 bits per heavy atom. The lowest BCUT2D eigenvalue weighted by molar-refractivity contribution is 0.0845. The van der Waals surface area contributed by atoms with Gasteiger partial charge < -0.3 is 4.74 Å². The maximum Gasteiger partial charge on any atom is 0.273 e. The lowest BCUT2D eigenvalue weighted by Gasteiger charge is -2.14. The molecule has 0 saturated heterocycles. The van der Waals surface area contributed by atoms with Gasteiger partial charge >= 0.3 is 0 Å². The van der Waals surface area contributed by atoms with Crippen molar-refractivity contribution in [3.05, 3.63) is 65.0 Å². The fourth-order valence-electron chi connectivity index (χ4n) is 4.39. The molecule has 0 spiro atoms. The Kier molecular flexibility index (Phi) is 4.16. The molecule has 2 N–H and O–H groups in total. The number of ether oxygens (including phenoxy) is 1. The van der Waals surface area contributed by atoms with Crippen molar-refractivity contribution in [2.45, 2.75) is 31.1 Å². The molecule has 2 unspecified atom stereocenters. The number of carbonyl (C=O) groups is 2. The van der Waals surface area contributed by atoms with Crippen molar-refractivity contribution in [2.24, 2.45) is 0 Å². The summed E-state index contributed by atoms with van der Waals surface area (Å²) in [6.07, 6.45) is 3.52. The highest BCUT2D eigenvalue weighted by molar-refractivity contribution is 6.01. The van der Waals surface area contributed by atoms with Gasteiger partial charge in [-0.1, -0.05) is 12.1 Å². The number of carbonyl (C=O) groups excluding carboxylic acids is 2. The van der Waals surface area contributed by atoms with E-state index in [0.717, 1.165) is 23.3 Å². The summed E-state index contributed by atoms with van der Waals surface area (Å²) in [5, 5.41) is 0. The highest BCUT2D eigenvalue weighted by Gasteiger charge is 2.39. The zero-order valence-corrected chi connectivity index (χ0v) is 15.9. The monoisotopic (exact) mass is 388 g/mol.